The van der Waals surface area contributed by atoms with Crippen molar-refractivity contribution in [3.05, 3.63) is 36.0 Å². The Hall–Kier alpha value is -2.28. The van der Waals surface area contributed by atoms with Gasteiger partial charge in [0, 0.05) is 57.6 Å². The fourth-order valence-electron chi connectivity index (χ4n) is 7.43. The van der Waals surface area contributed by atoms with Crippen molar-refractivity contribution in [1.29, 1.82) is 0 Å². The number of ether oxygens (including phenoxy) is 4. The van der Waals surface area contributed by atoms with E-state index in [4.69, 9.17) is 18.9 Å². The highest BCUT2D eigenvalue weighted by Crippen LogP contribution is 2.38. The monoisotopic (exact) mass is 704 g/mol. The van der Waals surface area contributed by atoms with Crippen LogP contribution in [0.2, 0.25) is 0 Å². The van der Waals surface area contributed by atoms with Gasteiger partial charge in [-0.1, -0.05) is 51.5 Å². The molecular weight excluding hydrogens is 640 g/mol. The van der Waals surface area contributed by atoms with Gasteiger partial charge >= 0.3 is 12.1 Å². The van der Waals surface area contributed by atoms with Gasteiger partial charge in [0.25, 0.3) is 0 Å². The maximum Gasteiger partial charge on any atom is 0.410 e. The minimum Gasteiger partial charge on any atom is -0.457 e. The van der Waals surface area contributed by atoms with Crippen molar-refractivity contribution in [1.82, 2.24) is 9.80 Å². The molecule has 3 aliphatic heterocycles. The first-order valence-corrected chi connectivity index (χ1v) is 18.9. The van der Waals surface area contributed by atoms with Gasteiger partial charge in [-0.15, -0.1) is 0 Å². The first kappa shape index (κ1) is 40.5. The molecule has 11 heteroatoms. The Labute approximate surface area is 299 Å². The Balaban J connectivity index is 1.47. The van der Waals surface area contributed by atoms with E-state index >= 15 is 0 Å². The summed E-state index contributed by atoms with van der Waals surface area (Å²) in [5.74, 6) is -0.826. The van der Waals surface area contributed by atoms with Gasteiger partial charge in [-0.25, -0.2) is 4.79 Å². The first-order chi connectivity index (χ1) is 23.7. The van der Waals surface area contributed by atoms with E-state index < -0.39 is 41.6 Å². The Morgan fingerprint density at radius 1 is 1.18 bits per heavy atom. The summed E-state index contributed by atoms with van der Waals surface area (Å²) in [5.41, 5.74) is -1.33. The fraction of sp³-hybridized carbons (Fsp3) is 0.795. The number of aliphatic hydroxyl groups is 3. The van der Waals surface area contributed by atoms with Crippen LogP contribution in [0.25, 0.3) is 0 Å². The molecule has 10 atom stereocenters. The van der Waals surface area contributed by atoms with Gasteiger partial charge in [-0.2, -0.15) is 0 Å². The Morgan fingerprint density at radius 2 is 1.92 bits per heavy atom. The number of cyclic esters (lactones) is 1. The summed E-state index contributed by atoms with van der Waals surface area (Å²) in [7, 11) is 1.58. The van der Waals surface area contributed by atoms with Crippen LogP contribution >= 0.6 is 0 Å². The topological polar surface area (TPSA) is 142 Å². The number of methoxy groups -OCH3 is 1. The number of carbonyl (C=O) groups is 2. The molecule has 1 saturated carbocycles. The summed E-state index contributed by atoms with van der Waals surface area (Å²) in [5, 5.41) is 32.1. The van der Waals surface area contributed by atoms with Crippen molar-refractivity contribution in [3.8, 4) is 0 Å². The van der Waals surface area contributed by atoms with Gasteiger partial charge in [0.1, 0.15) is 11.7 Å². The van der Waals surface area contributed by atoms with Gasteiger partial charge in [0.2, 0.25) is 0 Å². The zero-order valence-electron chi connectivity index (χ0n) is 31.5. The molecular formula is C39H64N2O9. The third-order valence-electron chi connectivity index (χ3n) is 11.4. The molecule has 0 spiro atoms. The van der Waals surface area contributed by atoms with Crippen LogP contribution in [0.15, 0.2) is 36.0 Å². The summed E-state index contributed by atoms with van der Waals surface area (Å²) >= 11 is 0. The molecule has 0 radical (unpaired) electrons. The molecule has 2 saturated heterocycles. The smallest absolute Gasteiger partial charge is 0.410 e. The Kier molecular flexibility index (Phi) is 14.6. The average Bonchev–Trinajstić information content (AvgIpc) is 3.84. The van der Waals surface area contributed by atoms with Crippen LogP contribution < -0.4 is 0 Å². The van der Waals surface area contributed by atoms with Crippen LogP contribution in [0.5, 0.6) is 0 Å². The van der Waals surface area contributed by atoms with Crippen LogP contribution in [-0.4, -0.2) is 124 Å². The van der Waals surface area contributed by atoms with Crippen LogP contribution in [0, 0.1) is 11.8 Å². The highest BCUT2D eigenvalue weighted by Gasteiger charge is 2.47. The lowest BCUT2D eigenvalue weighted by Gasteiger charge is -2.37. The molecule has 10 unspecified atom stereocenters. The lowest BCUT2D eigenvalue weighted by atomic mass is 9.88. The highest BCUT2D eigenvalue weighted by molar-refractivity contribution is 5.70. The maximum atomic E-state index is 13.6. The highest BCUT2D eigenvalue weighted by atomic mass is 16.6. The number of aliphatic hydroxyl groups excluding tert-OH is 2. The molecule has 3 heterocycles. The molecule has 4 rings (SSSR count). The molecule has 50 heavy (non-hydrogen) atoms. The van der Waals surface area contributed by atoms with Gasteiger partial charge < -0.3 is 39.2 Å². The molecule has 0 aromatic heterocycles. The van der Waals surface area contributed by atoms with E-state index in [9.17, 15) is 24.9 Å². The number of epoxide rings is 1. The number of nitrogens with zero attached hydrogens (tertiary/aromatic N) is 2. The van der Waals surface area contributed by atoms with Crippen molar-refractivity contribution < 1.29 is 43.9 Å². The van der Waals surface area contributed by atoms with Crippen LogP contribution in [0.3, 0.4) is 0 Å². The predicted molar refractivity (Wildman–Crippen MR) is 191 cm³/mol. The number of hydrogen-bond acceptors (Lipinski definition) is 10. The number of allylic oxidation sites excluding steroid dienone is 2. The SMILES string of the molecule is CCC(O)C(C)C1OC1CC(C)(O)C=CC=C(C)C1OC(=O)CC(O)CCC(C)(OC)C(OC(=O)N2CCCN(C3CCC3)CC2)C=CC1C. The summed E-state index contributed by atoms with van der Waals surface area (Å²) in [6, 6.07) is 0.633. The quantitative estimate of drug-likeness (QED) is 0.117. The molecule has 0 bridgehead atoms. The Morgan fingerprint density at radius 3 is 2.58 bits per heavy atom. The second-order valence-electron chi connectivity index (χ2n) is 15.6. The lowest BCUT2D eigenvalue weighted by Crippen LogP contribution is -2.47. The summed E-state index contributed by atoms with van der Waals surface area (Å²) < 4.78 is 23.9. The van der Waals surface area contributed by atoms with E-state index in [0.29, 0.717) is 38.4 Å². The van der Waals surface area contributed by atoms with Crippen LogP contribution in [0.4, 0.5) is 4.79 Å². The molecule has 3 fully saturated rings. The third-order valence-corrected chi connectivity index (χ3v) is 11.4. The predicted octanol–water partition coefficient (Wildman–Crippen LogP) is 4.92. The normalized spacial score (nSPS) is 34.8. The fourth-order valence-corrected chi connectivity index (χ4v) is 7.43. The number of amides is 1. The summed E-state index contributed by atoms with van der Waals surface area (Å²) in [6.07, 6.45) is 11.8. The van der Waals surface area contributed by atoms with E-state index in [-0.39, 0.29) is 43.0 Å². The largest absolute Gasteiger partial charge is 0.457 e. The van der Waals surface area contributed by atoms with E-state index in [2.05, 4.69) is 4.90 Å². The van der Waals surface area contributed by atoms with Crippen molar-refractivity contribution in [2.75, 3.05) is 33.3 Å². The molecule has 0 aromatic carbocycles. The number of carbonyl (C=O) groups excluding carboxylic acids is 2. The summed E-state index contributed by atoms with van der Waals surface area (Å²) in [4.78, 5) is 30.9. The second-order valence-corrected chi connectivity index (χ2v) is 15.6. The molecule has 284 valence electrons. The molecule has 11 nitrogen and oxygen atoms in total. The van der Waals surface area contributed by atoms with Gasteiger partial charge in [-0.05, 0) is 70.9 Å². The number of rotatable bonds is 11. The van der Waals surface area contributed by atoms with Gasteiger partial charge in [-0.3, -0.25) is 9.69 Å². The van der Waals surface area contributed by atoms with Crippen molar-refractivity contribution in [2.24, 2.45) is 11.8 Å². The second kappa shape index (κ2) is 18.0. The minimum atomic E-state index is -1.14. The lowest BCUT2D eigenvalue weighted by molar-refractivity contribution is -0.151. The zero-order valence-corrected chi connectivity index (χ0v) is 31.5. The standard InChI is InChI=1S/C39H64N2O9/c1-8-31(43)28(4)36-32(48-36)25-38(5,46)18-10-12-26(2)35-27(3)15-16-33(39(6,47-7)19-17-30(42)24-34(44)50-35)49-37(45)41-21-11-20-40(22-23-41)29-13-9-14-29/h10,12,15-16,18,27-33,35-36,42-43,46H,8-9,11,13-14,17,19-25H2,1-7H3. The minimum absolute atomic E-state index is 0.00230. The molecule has 1 amide bonds. The molecule has 4 aliphatic rings. The van der Waals surface area contributed by atoms with E-state index in [1.165, 1.54) is 19.3 Å². The number of esters is 1. The first-order valence-electron chi connectivity index (χ1n) is 18.9. The van der Waals surface area contributed by atoms with Gasteiger partial charge in [0.05, 0.1) is 36.4 Å². The summed E-state index contributed by atoms with van der Waals surface area (Å²) in [6.45, 7) is 14.4. The average molecular weight is 705 g/mol. The molecule has 3 N–H and O–H groups in total. The van der Waals surface area contributed by atoms with E-state index in [0.717, 1.165) is 25.1 Å². The number of hydrogen-bond donors (Lipinski definition) is 3. The van der Waals surface area contributed by atoms with E-state index in [1.54, 1.807) is 31.1 Å². The molecule has 0 aromatic rings. The van der Waals surface area contributed by atoms with Crippen molar-refractivity contribution in [3.63, 3.8) is 0 Å². The third kappa shape index (κ3) is 11.1. The maximum absolute atomic E-state index is 13.6. The molecule has 1 aliphatic carbocycles. The van der Waals surface area contributed by atoms with Crippen molar-refractivity contribution >= 4 is 12.1 Å². The van der Waals surface area contributed by atoms with Crippen LogP contribution in [0.1, 0.15) is 99.3 Å². The van der Waals surface area contributed by atoms with Gasteiger partial charge in [0.15, 0.2) is 6.10 Å². The zero-order chi connectivity index (χ0) is 36.6. The van der Waals surface area contributed by atoms with E-state index in [1.807, 2.05) is 52.8 Å². The Bertz CT molecular complexity index is 1220. The van der Waals surface area contributed by atoms with Crippen molar-refractivity contribution in [2.45, 2.75) is 153 Å². The van der Waals surface area contributed by atoms with Crippen LogP contribution in [-0.2, 0) is 23.7 Å².